The lowest BCUT2D eigenvalue weighted by atomic mass is 9.92. The fourth-order valence-corrected chi connectivity index (χ4v) is 1.72. The van der Waals surface area contributed by atoms with Gasteiger partial charge < -0.3 is 10.6 Å². The van der Waals surface area contributed by atoms with E-state index < -0.39 is 11.6 Å². The first-order chi connectivity index (χ1) is 6.21. The van der Waals surface area contributed by atoms with Crippen LogP contribution in [0.3, 0.4) is 0 Å². The number of amides is 1. The van der Waals surface area contributed by atoms with Crippen molar-refractivity contribution in [3.05, 3.63) is 0 Å². The third-order valence-electron chi connectivity index (χ3n) is 2.95. The van der Waals surface area contributed by atoms with Gasteiger partial charge in [-0.05, 0) is 25.8 Å². The summed E-state index contributed by atoms with van der Waals surface area (Å²) in [5.41, 5.74) is -1.64. The summed E-state index contributed by atoms with van der Waals surface area (Å²) >= 11 is 0. The van der Waals surface area contributed by atoms with Crippen molar-refractivity contribution in [2.24, 2.45) is 0 Å². The Morgan fingerprint density at radius 1 is 1.50 bits per heavy atom. The molecule has 2 fully saturated rings. The number of rotatable bonds is 2. The number of carbonyl (C=O) groups is 1. The molecule has 1 amide bonds. The molecule has 0 spiro atoms. The molecule has 1 saturated heterocycles. The molecule has 1 atom stereocenters. The first kappa shape index (κ1) is 11.7. The summed E-state index contributed by atoms with van der Waals surface area (Å²) in [6, 6.07) is 0.237. The molecule has 0 aromatic carbocycles. The summed E-state index contributed by atoms with van der Waals surface area (Å²) < 4.78 is 13.8. The highest BCUT2D eigenvalue weighted by Gasteiger charge is 2.42. The van der Waals surface area contributed by atoms with Gasteiger partial charge in [0, 0.05) is 19.0 Å². The molecule has 0 bridgehead atoms. The maximum atomic E-state index is 13.8. The van der Waals surface area contributed by atoms with E-state index in [0.29, 0.717) is 13.0 Å². The molecule has 2 aliphatic rings. The number of halogens is 2. The fraction of sp³-hybridized carbons (Fsp3) is 0.889. The highest BCUT2D eigenvalue weighted by Crippen LogP contribution is 2.23. The quantitative estimate of drug-likeness (QED) is 0.725. The maximum Gasteiger partial charge on any atom is 0.259 e. The van der Waals surface area contributed by atoms with Crippen molar-refractivity contribution in [1.29, 1.82) is 0 Å². The molecule has 1 heterocycles. The van der Waals surface area contributed by atoms with Crippen LogP contribution in [-0.4, -0.2) is 30.7 Å². The number of nitrogens with one attached hydrogen (secondary N) is 2. The first-order valence-corrected chi connectivity index (χ1v) is 4.91. The second kappa shape index (κ2) is 4.45. The fourth-order valence-electron chi connectivity index (χ4n) is 1.72. The highest BCUT2D eigenvalue weighted by atomic mass is 35.5. The van der Waals surface area contributed by atoms with Crippen LogP contribution in [0, 0.1) is 0 Å². The first-order valence-electron chi connectivity index (χ1n) is 4.91. The Morgan fingerprint density at radius 3 is 2.64 bits per heavy atom. The van der Waals surface area contributed by atoms with E-state index in [9.17, 15) is 9.18 Å². The molecule has 2 rings (SSSR count). The predicted molar refractivity (Wildman–Crippen MR) is 54.4 cm³/mol. The monoisotopic (exact) mass is 222 g/mol. The summed E-state index contributed by atoms with van der Waals surface area (Å²) in [5, 5.41) is 5.61. The smallest absolute Gasteiger partial charge is 0.259 e. The lowest BCUT2D eigenvalue weighted by Gasteiger charge is -2.29. The molecule has 5 heteroatoms. The molecule has 1 aliphatic heterocycles. The van der Waals surface area contributed by atoms with Gasteiger partial charge in [0.15, 0.2) is 0 Å². The van der Waals surface area contributed by atoms with Gasteiger partial charge in [0.05, 0.1) is 0 Å². The summed E-state index contributed by atoms with van der Waals surface area (Å²) in [7, 11) is 0. The van der Waals surface area contributed by atoms with E-state index >= 15 is 0 Å². The van der Waals surface area contributed by atoms with Gasteiger partial charge in [0.25, 0.3) is 5.91 Å². The predicted octanol–water partition coefficient (Wildman–Crippen LogP) is 0.778. The van der Waals surface area contributed by atoms with Crippen LogP contribution in [0.25, 0.3) is 0 Å². The van der Waals surface area contributed by atoms with Crippen molar-refractivity contribution in [1.82, 2.24) is 10.6 Å². The minimum Gasteiger partial charge on any atom is -0.351 e. The summed E-state index contributed by atoms with van der Waals surface area (Å²) in [4.78, 5) is 11.4. The van der Waals surface area contributed by atoms with E-state index in [-0.39, 0.29) is 25.0 Å². The van der Waals surface area contributed by atoms with Gasteiger partial charge in [-0.1, -0.05) is 0 Å². The normalized spacial score (nSPS) is 31.8. The number of hydrogen-bond acceptors (Lipinski definition) is 2. The van der Waals surface area contributed by atoms with Crippen LogP contribution in [0.4, 0.5) is 4.39 Å². The number of alkyl halides is 1. The molecule has 2 N–H and O–H groups in total. The standard InChI is InChI=1S/C9H15FN2O.ClH/c10-9(4-5-11-6-9)8(13)12-7-2-1-3-7;/h7,11H,1-6H2,(H,12,13);1H. The van der Waals surface area contributed by atoms with E-state index in [0.717, 1.165) is 19.3 Å². The highest BCUT2D eigenvalue weighted by molar-refractivity contribution is 5.86. The third-order valence-corrected chi connectivity index (χ3v) is 2.95. The summed E-state index contributed by atoms with van der Waals surface area (Å²) in [6.07, 6.45) is 3.48. The van der Waals surface area contributed by atoms with E-state index in [1.165, 1.54) is 0 Å². The molecule has 0 aromatic heterocycles. The van der Waals surface area contributed by atoms with Gasteiger partial charge in [0.1, 0.15) is 0 Å². The molecule has 0 aromatic rings. The van der Waals surface area contributed by atoms with Gasteiger partial charge in [-0.25, -0.2) is 4.39 Å². The lowest BCUT2D eigenvalue weighted by molar-refractivity contribution is -0.133. The van der Waals surface area contributed by atoms with E-state index in [1.54, 1.807) is 0 Å². The van der Waals surface area contributed by atoms with Gasteiger partial charge in [-0.3, -0.25) is 4.79 Å². The van der Waals surface area contributed by atoms with Crippen molar-refractivity contribution in [3.63, 3.8) is 0 Å². The minimum absolute atomic E-state index is 0. The van der Waals surface area contributed by atoms with Crippen LogP contribution in [0.5, 0.6) is 0 Å². The zero-order valence-corrected chi connectivity index (χ0v) is 8.83. The Hall–Kier alpha value is -0.350. The SMILES string of the molecule is Cl.O=C(NC1CCC1)C1(F)CCNC1. The van der Waals surface area contributed by atoms with Crippen LogP contribution in [0.2, 0.25) is 0 Å². The van der Waals surface area contributed by atoms with E-state index in [4.69, 9.17) is 0 Å². The zero-order chi connectivity index (χ0) is 9.31. The van der Waals surface area contributed by atoms with Crippen LogP contribution in [0.1, 0.15) is 25.7 Å². The Balaban J connectivity index is 0.000000980. The zero-order valence-electron chi connectivity index (χ0n) is 8.01. The average Bonchev–Trinajstić information content (AvgIpc) is 2.45. The lowest BCUT2D eigenvalue weighted by Crippen LogP contribution is -2.50. The number of carbonyl (C=O) groups excluding carboxylic acids is 1. The van der Waals surface area contributed by atoms with Crippen molar-refractivity contribution < 1.29 is 9.18 Å². The van der Waals surface area contributed by atoms with Crippen LogP contribution >= 0.6 is 12.4 Å². The van der Waals surface area contributed by atoms with Crippen molar-refractivity contribution in [3.8, 4) is 0 Å². The molecule has 1 saturated carbocycles. The summed E-state index contributed by atoms with van der Waals surface area (Å²) in [5.74, 6) is -0.415. The maximum absolute atomic E-state index is 13.8. The van der Waals surface area contributed by atoms with Crippen LogP contribution in [0.15, 0.2) is 0 Å². The largest absolute Gasteiger partial charge is 0.351 e. The Labute approximate surface area is 89.2 Å². The van der Waals surface area contributed by atoms with Crippen molar-refractivity contribution in [2.45, 2.75) is 37.4 Å². The second-order valence-electron chi connectivity index (χ2n) is 3.99. The molecule has 0 radical (unpaired) electrons. The van der Waals surface area contributed by atoms with Gasteiger partial charge in [-0.15, -0.1) is 12.4 Å². The average molecular weight is 223 g/mol. The molecule has 14 heavy (non-hydrogen) atoms. The van der Waals surface area contributed by atoms with Gasteiger partial charge in [-0.2, -0.15) is 0 Å². The van der Waals surface area contributed by atoms with E-state index in [2.05, 4.69) is 10.6 Å². The van der Waals surface area contributed by atoms with Gasteiger partial charge >= 0.3 is 0 Å². The van der Waals surface area contributed by atoms with Crippen LogP contribution < -0.4 is 10.6 Å². The Kier molecular flexibility index (Phi) is 3.72. The minimum atomic E-state index is -1.64. The molecule has 3 nitrogen and oxygen atoms in total. The van der Waals surface area contributed by atoms with Crippen molar-refractivity contribution >= 4 is 18.3 Å². The molecule has 82 valence electrons. The topological polar surface area (TPSA) is 41.1 Å². The molecule has 1 unspecified atom stereocenters. The van der Waals surface area contributed by atoms with Crippen molar-refractivity contribution in [2.75, 3.05) is 13.1 Å². The van der Waals surface area contributed by atoms with Gasteiger partial charge in [0.2, 0.25) is 5.67 Å². The molecule has 1 aliphatic carbocycles. The second-order valence-corrected chi connectivity index (χ2v) is 3.99. The molecular formula is C9H16ClFN2O. The Morgan fingerprint density at radius 2 is 2.21 bits per heavy atom. The van der Waals surface area contributed by atoms with E-state index in [1.807, 2.05) is 0 Å². The number of hydrogen-bond donors (Lipinski definition) is 2. The third kappa shape index (κ3) is 2.17. The Bertz CT molecular complexity index is 215. The summed E-state index contributed by atoms with van der Waals surface area (Å²) in [6.45, 7) is 0.778. The van der Waals surface area contributed by atoms with Crippen LogP contribution in [-0.2, 0) is 4.79 Å². The molecular weight excluding hydrogens is 207 g/mol.